The minimum atomic E-state index is 0.676. The lowest BCUT2D eigenvalue weighted by Gasteiger charge is -2.20. The Morgan fingerprint density at radius 3 is 2.71 bits per heavy atom. The monoisotopic (exact) mass is 285 g/mol. The van der Waals surface area contributed by atoms with Crippen molar-refractivity contribution in [3.05, 3.63) is 34.9 Å². The molecule has 0 heterocycles. The summed E-state index contributed by atoms with van der Waals surface area (Å²) in [5, 5.41) is 3.72. The van der Waals surface area contributed by atoms with Crippen molar-refractivity contribution in [3.8, 4) is 0 Å². The van der Waals surface area contributed by atoms with E-state index in [4.69, 9.17) is 0 Å². The van der Waals surface area contributed by atoms with E-state index < -0.39 is 0 Å². The average Bonchev–Trinajstić information content (AvgIpc) is 3.16. The molecule has 1 fully saturated rings. The molecular weight excluding hydrogens is 254 g/mol. The molecule has 2 aliphatic carbocycles. The van der Waals surface area contributed by atoms with Gasteiger partial charge in [0.25, 0.3) is 0 Å². The minimum absolute atomic E-state index is 0.676. The summed E-state index contributed by atoms with van der Waals surface area (Å²) < 4.78 is 0. The number of rotatable bonds is 7. The summed E-state index contributed by atoms with van der Waals surface area (Å²) in [5.74, 6) is 1.02. The molecule has 1 aromatic carbocycles. The van der Waals surface area contributed by atoms with Crippen LogP contribution < -0.4 is 5.32 Å². The quantitative estimate of drug-likeness (QED) is 0.768. The molecule has 0 bridgehead atoms. The molecule has 116 valence electrons. The first kappa shape index (κ1) is 15.1. The first-order valence-corrected chi connectivity index (χ1v) is 9.19. The third kappa shape index (κ3) is 4.10. The fraction of sp³-hybridized carbons (Fsp3) is 0.700. The van der Waals surface area contributed by atoms with Crippen molar-refractivity contribution in [2.75, 3.05) is 6.54 Å². The van der Waals surface area contributed by atoms with E-state index in [-0.39, 0.29) is 0 Å². The van der Waals surface area contributed by atoms with Crippen LogP contribution in [0.5, 0.6) is 0 Å². The molecule has 1 atom stereocenters. The SMILES string of the molecule is CCNC(CCC1CCCC1)Cc1ccc2c(c1)CCC2. The molecule has 0 spiro atoms. The van der Waals surface area contributed by atoms with E-state index in [1.165, 1.54) is 64.2 Å². The largest absolute Gasteiger partial charge is 0.314 e. The molecule has 1 saturated carbocycles. The summed E-state index contributed by atoms with van der Waals surface area (Å²) in [6.07, 6.45) is 13.9. The first-order chi connectivity index (χ1) is 10.3. The first-order valence-electron chi connectivity index (χ1n) is 9.19. The van der Waals surface area contributed by atoms with Crippen LogP contribution in [0.25, 0.3) is 0 Å². The molecule has 1 aromatic rings. The molecule has 0 aromatic heterocycles. The standard InChI is InChI=1S/C20H31N/c1-2-21-20(13-11-16-6-3-4-7-16)15-17-10-12-18-8-5-9-19(18)14-17/h10,12,14,16,20-21H,2-9,11,13,15H2,1H3. The smallest absolute Gasteiger partial charge is 0.0107 e. The number of nitrogens with one attached hydrogen (secondary N) is 1. The molecule has 2 aliphatic rings. The highest BCUT2D eigenvalue weighted by Crippen LogP contribution is 2.29. The van der Waals surface area contributed by atoms with Crippen LogP contribution in [0.2, 0.25) is 0 Å². The highest BCUT2D eigenvalue weighted by molar-refractivity contribution is 5.35. The van der Waals surface area contributed by atoms with E-state index in [1.807, 2.05) is 0 Å². The van der Waals surface area contributed by atoms with E-state index in [0.29, 0.717) is 6.04 Å². The Hall–Kier alpha value is -0.820. The third-order valence-electron chi connectivity index (χ3n) is 5.54. The van der Waals surface area contributed by atoms with Gasteiger partial charge in [0.2, 0.25) is 0 Å². The van der Waals surface area contributed by atoms with Gasteiger partial charge in [0.15, 0.2) is 0 Å². The molecule has 21 heavy (non-hydrogen) atoms. The van der Waals surface area contributed by atoms with Gasteiger partial charge in [0, 0.05) is 6.04 Å². The number of fused-ring (bicyclic) bond motifs is 1. The van der Waals surface area contributed by atoms with Gasteiger partial charge in [0.1, 0.15) is 0 Å². The zero-order chi connectivity index (χ0) is 14.5. The van der Waals surface area contributed by atoms with Crippen molar-refractivity contribution in [2.24, 2.45) is 5.92 Å². The Morgan fingerprint density at radius 2 is 1.90 bits per heavy atom. The van der Waals surface area contributed by atoms with Gasteiger partial charge in [-0.15, -0.1) is 0 Å². The number of likely N-dealkylation sites (N-methyl/N-ethyl adjacent to an activating group) is 1. The number of hydrogen-bond acceptors (Lipinski definition) is 1. The predicted molar refractivity (Wildman–Crippen MR) is 90.8 cm³/mol. The Balaban J connectivity index is 1.56. The summed E-state index contributed by atoms with van der Waals surface area (Å²) in [6, 6.07) is 7.93. The van der Waals surface area contributed by atoms with Gasteiger partial charge in [0.05, 0.1) is 0 Å². The summed E-state index contributed by atoms with van der Waals surface area (Å²) in [7, 11) is 0. The highest BCUT2D eigenvalue weighted by atomic mass is 14.9. The van der Waals surface area contributed by atoms with E-state index in [0.717, 1.165) is 12.5 Å². The van der Waals surface area contributed by atoms with Gasteiger partial charge in [-0.05, 0) is 67.7 Å². The van der Waals surface area contributed by atoms with Gasteiger partial charge in [-0.3, -0.25) is 0 Å². The molecule has 1 nitrogen and oxygen atoms in total. The second-order valence-electron chi connectivity index (χ2n) is 7.14. The molecule has 0 amide bonds. The lowest BCUT2D eigenvalue weighted by molar-refractivity contribution is 0.407. The average molecular weight is 285 g/mol. The maximum Gasteiger partial charge on any atom is 0.0107 e. The summed E-state index contributed by atoms with van der Waals surface area (Å²) in [5.41, 5.74) is 4.77. The van der Waals surface area contributed by atoms with Crippen molar-refractivity contribution in [2.45, 2.75) is 77.2 Å². The van der Waals surface area contributed by atoms with E-state index in [1.54, 1.807) is 16.7 Å². The maximum atomic E-state index is 3.72. The lowest BCUT2D eigenvalue weighted by atomic mass is 9.94. The Bertz CT molecular complexity index is 445. The van der Waals surface area contributed by atoms with Gasteiger partial charge in [-0.2, -0.15) is 0 Å². The molecule has 0 saturated heterocycles. The molecule has 1 unspecified atom stereocenters. The van der Waals surface area contributed by atoms with E-state index in [9.17, 15) is 0 Å². The zero-order valence-corrected chi connectivity index (χ0v) is 13.7. The summed E-state index contributed by atoms with van der Waals surface area (Å²) >= 11 is 0. The van der Waals surface area contributed by atoms with E-state index >= 15 is 0 Å². The van der Waals surface area contributed by atoms with Crippen molar-refractivity contribution >= 4 is 0 Å². The zero-order valence-electron chi connectivity index (χ0n) is 13.7. The third-order valence-corrected chi connectivity index (χ3v) is 5.54. The number of benzene rings is 1. The van der Waals surface area contributed by atoms with Crippen LogP contribution in [0.15, 0.2) is 18.2 Å². The maximum absolute atomic E-state index is 3.72. The van der Waals surface area contributed by atoms with Gasteiger partial charge < -0.3 is 5.32 Å². The van der Waals surface area contributed by atoms with Crippen molar-refractivity contribution in [1.29, 1.82) is 0 Å². The fourth-order valence-corrected chi connectivity index (χ4v) is 4.34. The van der Waals surface area contributed by atoms with E-state index in [2.05, 4.69) is 30.4 Å². The molecule has 0 radical (unpaired) electrons. The predicted octanol–water partition coefficient (Wildman–Crippen LogP) is 4.67. The minimum Gasteiger partial charge on any atom is -0.314 e. The second kappa shape index (κ2) is 7.45. The van der Waals surface area contributed by atoms with Crippen LogP contribution in [-0.2, 0) is 19.3 Å². The molecular formula is C20H31N. The normalized spacial score (nSPS) is 19.9. The van der Waals surface area contributed by atoms with Crippen molar-refractivity contribution in [1.82, 2.24) is 5.32 Å². The van der Waals surface area contributed by atoms with Crippen molar-refractivity contribution < 1.29 is 0 Å². The van der Waals surface area contributed by atoms with Gasteiger partial charge >= 0.3 is 0 Å². The molecule has 3 rings (SSSR count). The molecule has 0 aliphatic heterocycles. The highest BCUT2D eigenvalue weighted by Gasteiger charge is 2.18. The van der Waals surface area contributed by atoms with Crippen LogP contribution in [0.3, 0.4) is 0 Å². The fourth-order valence-electron chi connectivity index (χ4n) is 4.34. The van der Waals surface area contributed by atoms with Crippen LogP contribution >= 0.6 is 0 Å². The Labute approximate surface area is 130 Å². The van der Waals surface area contributed by atoms with Crippen molar-refractivity contribution in [3.63, 3.8) is 0 Å². The van der Waals surface area contributed by atoms with Crippen LogP contribution in [0, 0.1) is 5.92 Å². The van der Waals surface area contributed by atoms with Crippen LogP contribution in [0.1, 0.15) is 68.6 Å². The summed E-state index contributed by atoms with van der Waals surface area (Å²) in [6.45, 7) is 3.34. The number of hydrogen-bond donors (Lipinski definition) is 1. The second-order valence-corrected chi connectivity index (χ2v) is 7.14. The molecule has 1 N–H and O–H groups in total. The van der Waals surface area contributed by atoms with Gasteiger partial charge in [-0.1, -0.05) is 50.8 Å². The summed E-state index contributed by atoms with van der Waals surface area (Å²) in [4.78, 5) is 0. The Morgan fingerprint density at radius 1 is 1.10 bits per heavy atom. The van der Waals surface area contributed by atoms with Crippen LogP contribution in [-0.4, -0.2) is 12.6 Å². The Kier molecular flexibility index (Phi) is 5.35. The van der Waals surface area contributed by atoms with Gasteiger partial charge in [-0.25, -0.2) is 0 Å². The lowest BCUT2D eigenvalue weighted by Crippen LogP contribution is -2.31. The van der Waals surface area contributed by atoms with Crippen LogP contribution in [0.4, 0.5) is 0 Å². The number of aryl methyl sites for hydroxylation is 2. The topological polar surface area (TPSA) is 12.0 Å². The molecule has 1 heteroatoms.